The minimum absolute atomic E-state index is 0.00695. The molecule has 3 atom stereocenters. The van der Waals surface area contributed by atoms with Gasteiger partial charge in [0.1, 0.15) is 6.04 Å². The molecule has 0 radical (unpaired) electrons. The number of nitrogens with one attached hydrogen (secondary N) is 1. The van der Waals surface area contributed by atoms with Crippen LogP contribution in [0.2, 0.25) is 0 Å². The SMILES string of the molecule is CC1CCCC(C)N1C(=O)N[C@@H](CCC(N)=O)C(=O)O. The minimum atomic E-state index is -1.16. The number of carboxylic acid groups (broad SMARTS) is 1. The number of hydrogen-bond acceptors (Lipinski definition) is 3. The summed E-state index contributed by atoms with van der Waals surface area (Å²) in [6.07, 6.45) is 2.83. The molecule has 1 aliphatic rings. The van der Waals surface area contributed by atoms with Crippen LogP contribution in [-0.2, 0) is 9.59 Å². The highest BCUT2D eigenvalue weighted by Gasteiger charge is 2.31. The average molecular weight is 285 g/mol. The Bertz CT molecular complexity index is 376. The molecule has 114 valence electrons. The van der Waals surface area contributed by atoms with Crippen LogP contribution >= 0.6 is 0 Å². The number of amides is 3. The fraction of sp³-hybridized carbons (Fsp3) is 0.769. The predicted octanol–water partition coefficient (Wildman–Crippen LogP) is 0.678. The van der Waals surface area contributed by atoms with Crippen LogP contribution in [0.5, 0.6) is 0 Å². The summed E-state index contributed by atoms with van der Waals surface area (Å²) in [6, 6.07) is -1.30. The molecular weight excluding hydrogens is 262 g/mol. The predicted molar refractivity (Wildman–Crippen MR) is 73.0 cm³/mol. The number of hydrogen-bond donors (Lipinski definition) is 3. The normalized spacial score (nSPS) is 24.0. The summed E-state index contributed by atoms with van der Waals surface area (Å²) < 4.78 is 0. The van der Waals surface area contributed by atoms with Gasteiger partial charge in [0, 0.05) is 18.5 Å². The minimum Gasteiger partial charge on any atom is -0.480 e. The summed E-state index contributed by atoms with van der Waals surface area (Å²) in [5, 5.41) is 11.6. The highest BCUT2D eigenvalue weighted by atomic mass is 16.4. The molecule has 0 aromatic carbocycles. The number of likely N-dealkylation sites (tertiary alicyclic amines) is 1. The molecule has 1 fully saturated rings. The van der Waals surface area contributed by atoms with Gasteiger partial charge in [0.05, 0.1) is 0 Å². The third kappa shape index (κ3) is 4.40. The Morgan fingerprint density at radius 2 is 1.85 bits per heavy atom. The molecule has 1 aliphatic heterocycles. The number of carboxylic acids is 1. The molecular formula is C13H23N3O4. The van der Waals surface area contributed by atoms with E-state index in [-0.39, 0.29) is 31.0 Å². The smallest absolute Gasteiger partial charge is 0.326 e. The first kappa shape index (κ1) is 16.3. The van der Waals surface area contributed by atoms with E-state index in [9.17, 15) is 14.4 Å². The van der Waals surface area contributed by atoms with Crippen LogP contribution in [0.1, 0.15) is 46.0 Å². The fourth-order valence-electron chi connectivity index (χ4n) is 2.59. The Balaban J connectivity index is 2.64. The van der Waals surface area contributed by atoms with Crippen LogP contribution < -0.4 is 11.1 Å². The number of primary amides is 1. The molecule has 20 heavy (non-hydrogen) atoms. The van der Waals surface area contributed by atoms with E-state index in [1.807, 2.05) is 13.8 Å². The summed E-state index contributed by atoms with van der Waals surface area (Å²) in [6.45, 7) is 3.91. The summed E-state index contributed by atoms with van der Waals surface area (Å²) in [5.74, 6) is -1.73. The molecule has 0 spiro atoms. The largest absolute Gasteiger partial charge is 0.480 e. The Morgan fingerprint density at radius 1 is 1.30 bits per heavy atom. The summed E-state index contributed by atoms with van der Waals surface area (Å²) in [5.41, 5.74) is 5.00. The Hall–Kier alpha value is -1.79. The third-order valence-corrected chi connectivity index (χ3v) is 3.70. The Morgan fingerprint density at radius 3 is 2.30 bits per heavy atom. The van der Waals surface area contributed by atoms with Gasteiger partial charge in [-0.3, -0.25) is 4.79 Å². The number of aliphatic carboxylic acids is 1. The lowest BCUT2D eigenvalue weighted by atomic mass is 9.98. The zero-order valence-corrected chi connectivity index (χ0v) is 12.0. The van der Waals surface area contributed by atoms with Gasteiger partial charge in [-0.25, -0.2) is 9.59 Å². The van der Waals surface area contributed by atoms with Gasteiger partial charge in [0.15, 0.2) is 0 Å². The van der Waals surface area contributed by atoms with E-state index in [4.69, 9.17) is 10.8 Å². The lowest BCUT2D eigenvalue weighted by molar-refractivity contribution is -0.139. The molecule has 4 N–H and O–H groups in total. The monoisotopic (exact) mass is 285 g/mol. The molecule has 7 heteroatoms. The average Bonchev–Trinajstić information content (AvgIpc) is 2.33. The quantitative estimate of drug-likeness (QED) is 0.689. The third-order valence-electron chi connectivity index (χ3n) is 3.70. The van der Waals surface area contributed by atoms with Gasteiger partial charge in [-0.05, 0) is 39.5 Å². The van der Waals surface area contributed by atoms with Gasteiger partial charge in [0.25, 0.3) is 0 Å². The maximum Gasteiger partial charge on any atom is 0.326 e. The zero-order chi connectivity index (χ0) is 15.3. The number of rotatable bonds is 5. The highest BCUT2D eigenvalue weighted by molar-refractivity contribution is 5.83. The number of piperidine rings is 1. The highest BCUT2D eigenvalue weighted by Crippen LogP contribution is 2.22. The molecule has 0 aromatic heterocycles. The van der Waals surface area contributed by atoms with Gasteiger partial charge in [0.2, 0.25) is 5.91 Å². The second-order valence-corrected chi connectivity index (χ2v) is 5.38. The van der Waals surface area contributed by atoms with E-state index in [0.717, 1.165) is 19.3 Å². The van der Waals surface area contributed by atoms with Crippen LogP contribution in [0, 0.1) is 0 Å². The van der Waals surface area contributed by atoms with E-state index in [0.29, 0.717) is 0 Å². The van der Waals surface area contributed by atoms with Crippen molar-refractivity contribution < 1.29 is 19.5 Å². The van der Waals surface area contributed by atoms with Crippen molar-refractivity contribution in [3.05, 3.63) is 0 Å². The number of nitrogens with two attached hydrogens (primary N) is 1. The van der Waals surface area contributed by atoms with Crippen molar-refractivity contribution in [2.45, 2.75) is 64.1 Å². The molecule has 0 aromatic rings. The molecule has 0 bridgehead atoms. The van der Waals surface area contributed by atoms with Crippen molar-refractivity contribution in [3.63, 3.8) is 0 Å². The van der Waals surface area contributed by atoms with E-state index in [1.165, 1.54) is 0 Å². The van der Waals surface area contributed by atoms with E-state index in [2.05, 4.69) is 5.32 Å². The van der Waals surface area contributed by atoms with E-state index in [1.54, 1.807) is 4.90 Å². The molecule has 1 saturated heterocycles. The summed E-state index contributed by atoms with van der Waals surface area (Å²) in [4.78, 5) is 35.7. The van der Waals surface area contributed by atoms with Gasteiger partial charge in [-0.2, -0.15) is 0 Å². The Labute approximate surface area is 118 Å². The van der Waals surface area contributed by atoms with Crippen LogP contribution in [0.15, 0.2) is 0 Å². The second-order valence-electron chi connectivity index (χ2n) is 5.38. The first-order valence-corrected chi connectivity index (χ1v) is 6.93. The topological polar surface area (TPSA) is 113 Å². The van der Waals surface area contributed by atoms with Crippen LogP contribution in [0.25, 0.3) is 0 Å². The number of nitrogens with zero attached hydrogens (tertiary/aromatic N) is 1. The number of carbonyl (C=O) groups excluding carboxylic acids is 2. The molecule has 0 saturated carbocycles. The lowest BCUT2D eigenvalue weighted by Gasteiger charge is -2.39. The Kier molecular flexibility index (Phi) is 5.79. The summed E-state index contributed by atoms with van der Waals surface area (Å²) in [7, 11) is 0. The standard InChI is InChI=1S/C13H23N3O4/c1-8-4-3-5-9(2)16(8)13(20)15-10(12(18)19)6-7-11(14)17/h8-10H,3-7H2,1-2H3,(H2,14,17)(H,15,20)(H,18,19)/t8?,9?,10-/m0/s1. The van der Waals surface area contributed by atoms with Gasteiger partial charge < -0.3 is 21.1 Å². The lowest BCUT2D eigenvalue weighted by Crippen LogP contribution is -2.55. The molecule has 2 unspecified atom stereocenters. The second kappa shape index (κ2) is 7.12. The summed E-state index contributed by atoms with van der Waals surface area (Å²) >= 11 is 0. The molecule has 1 rings (SSSR count). The first-order chi connectivity index (χ1) is 9.32. The van der Waals surface area contributed by atoms with Gasteiger partial charge in [-0.15, -0.1) is 0 Å². The molecule has 0 aliphatic carbocycles. The van der Waals surface area contributed by atoms with Crippen LogP contribution in [0.4, 0.5) is 4.79 Å². The van der Waals surface area contributed by atoms with Crippen molar-refractivity contribution in [3.8, 4) is 0 Å². The van der Waals surface area contributed by atoms with Gasteiger partial charge >= 0.3 is 12.0 Å². The zero-order valence-electron chi connectivity index (χ0n) is 12.0. The molecule has 7 nitrogen and oxygen atoms in total. The van der Waals surface area contributed by atoms with E-state index < -0.39 is 17.9 Å². The van der Waals surface area contributed by atoms with Crippen molar-refractivity contribution in [1.29, 1.82) is 0 Å². The van der Waals surface area contributed by atoms with Crippen molar-refractivity contribution in [1.82, 2.24) is 10.2 Å². The van der Waals surface area contributed by atoms with Gasteiger partial charge in [-0.1, -0.05) is 0 Å². The maximum atomic E-state index is 12.2. The van der Waals surface area contributed by atoms with Crippen molar-refractivity contribution in [2.24, 2.45) is 5.73 Å². The van der Waals surface area contributed by atoms with Crippen molar-refractivity contribution >= 4 is 17.9 Å². The number of carbonyl (C=O) groups is 3. The van der Waals surface area contributed by atoms with Crippen LogP contribution in [-0.4, -0.2) is 46.0 Å². The van der Waals surface area contributed by atoms with Crippen LogP contribution in [0.3, 0.4) is 0 Å². The van der Waals surface area contributed by atoms with Crippen molar-refractivity contribution in [2.75, 3.05) is 0 Å². The van der Waals surface area contributed by atoms with E-state index >= 15 is 0 Å². The number of urea groups is 1. The fourth-order valence-corrected chi connectivity index (χ4v) is 2.59. The first-order valence-electron chi connectivity index (χ1n) is 6.93. The molecule has 3 amide bonds. The maximum absolute atomic E-state index is 12.2. The molecule has 1 heterocycles.